The Bertz CT molecular complexity index is 2490. The molecule has 47 heavy (non-hydrogen) atoms. The van der Waals surface area contributed by atoms with E-state index in [-0.39, 0.29) is 0 Å². The minimum Gasteiger partial charge on any atom is -0.456 e. The average molecular weight is 612 g/mol. The molecule has 0 aliphatic carbocycles. The minimum absolute atomic E-state index is 0.403. The summed E-state index contributed by atoms with van der Waals surface area (Å²) in [5.41, 5.74) is 10.0. The second-order valence-electron chi connectivity index (χ2n) is 13.7. The van der Waals surface area contributed by atoms with E-state index in [0.717, 1.165) is 60.9 Å². The molecule has 0 atom stereocenters. The largest absolute Gasteiger partial charge is 0.494 e. The summed E-state index contributed by atoms with van der Waals surface area (Å²) < 4.78 is 21.5. The fourth-order valence-electron chi connectivity index (χ4n) is 7.00. The smallest absolute Gasteiger partial charge is 0.456 e. The lowest BCUT2D eigenvalue weighted by molar-refractivity contribution is 0.00578. The van der Waals surface area contributed by atoms with Crippen LogP contribution in [0.15, 0.2) is 138 Å². The third-order valence-electron chi connectivity index (χ3n) is 10.2. The van der Waals surface area contributed by atoms with Gasteiger partial charge in [-0.15, -0.1) is 0 Å². The Hall–Kier alpha value is -5.10. The summed E-state index contributed by atoms with van der Waals surface area (Å²) in [6.07, 6.45) is 0. The summed E-state index contributed by atoms with van der Waals surface area (Å²) in [5.74, 6) is 0. The van der Waals surface area contributed by atoms with E-state index in [4.69, 9.17) is 13.7 Å². The first-order chi connectivity index (χ1) is 22.8. The van der Waals surface area contributed by atoms with E-state index < -0.39 is 18.3 Å². The van der Waals surface area contributed by atoms with E-state index in [2.05, 4.69) is 154 Å². The van der Waals surface area contributed by atoms with E-state index in [9.17, 15) is 0 Å². The number of rotatable bonds is 4. The lowest BCUT2D eigenvalue weighted by Crippen LogP contribution is -2.41. The van der Waals surface area contributed by atoms with Crippen LogP contribution < -0.4 is 5.46 Å². The van der Waals surface area contributed by atoms with Crippen LogP contribution in [0.4, 0.5) is 0 Å². The Morgan fingerprint density at radius 2 is 1.06 bits per heavy atom. The molecule has 0 bridgehead atoms. The summed E-state index contributed by atoms with van der Waals surface area (Å²) >= 11 is 0. The number of para-hydroxylation sites is 2. The zero-order valence-electron chi connectivity index (χ0n) is 27.0. The number of furan rings is 1. The van der Waals surface area contributed by atoms with Crippen LogP contribution in [0.3, 0.4) is 0 Å². The van der Waals surface area contributed by atoms with Gasteiger partial charge < -0.3 is 18.3 Å². The molecular formula is C42H34BNO3. The first-order valence-corrected chi connectivity index (χ1v) is 16.3. The second-order valence-corrected chi connectivity index (χ2v) is 13.7. The molecule has 9 rings (SSSR count). The molecule has 1 aliphatic heterocycles. The first-order valence-electron chi connectivity index (χ1n) is 16.3. The molecule has 1 fully saturated rings. The summed E-state index contributed by atoms with van der Waals surface area (Å²) in [6, 6.07) is 47.5. The zero-order chi connectivity index (χ0) is 31.9. The quantitative estimate of drug-likeness (QED) is 0.186. The van der Waals surface area contributed by atoms with E-state index >= 15 is 0 Å². The van der Waals surface area contributed by atoms with Crippen molar-refractivity contribution in [2.75, 3.05) is 0 Å². The topological polar surface area (TPSA) is 36.5 Å². The molecule has 0 saturated carbocycles. The Balaban J connectivity index is 1.14. The normalized spacial score (nSPS) is 15.8. The molecule has 0 spiro atoms. The summed E-state index contributed by atoms with van der Waals surface area (Å²) in [7, 11) is -0.427. The van der Waals surface area contributed by atoms with Crippen LogP contribution >= 0.6 is 0 Å². The maximum absolute atomic E-state index is 6.44. The van der Waals surface area contributed by atoms with Crippen molar-refractivity contribution in [2.24, 2.45) is 0 Å². The molecular weight excluding hydrogens is 577 g/mol. The predicted octanol–water partition coefficient (Wildman–Crippen LogP) is 10.3. The highest BCUT2D eigenvalue weighted by atomic mass is 16.7. The maximum Gasteiger partial charge on any atom is 0.494 e. The fourth-order valence-corrected chi connectivity index (χ4v) is 7.00. The van der Waals surface area contributed by atoms with Gasteiger partial charge in [-0.2, -0.15) is 0 Å². The van der Waals surface area contributed by atoms with Crippen LogP contribution in [0.2, 0.25) is 0 Å². The number of hydrogen-bond donors (Lipinski definition) is 0. The van der Waals surface area contributed by atoms with Gasteiger partial charge in [0.15, 0.2) is 0 Å². The van der Waals surface area contributed by atoms with Crippen LogP contribution in [0.5, 0.6) is 0 Å². The number of hydrogen-bond acceptors (Lipinski definition) is 3. The van der Waals surface area contributed by atoms with E-state index in [1.54, 1.807) is 0 Å². The highest BCUT2D eigenvalue weighted by Gasteiger charge is 2.51. The lowest BCUT2D eigenvalue weighted by atomic mass is 9.79. The van der Waals surface area contributed by atoms with Crippen LogP contribution in [0.25, 0.3) is 71.7 Å². The Morgan fingerprint density at radius 3 is 1.85 bits per heavy atom. The van der Waals surface area contributed by atoms with Gasteiger partial charge in [-0.05, 0) is 104 Å². The monoisotopic (exact) mass is 611 g/mol. The van der Waals surface area contributed by atoms with E-state index in [0.29, 0.717) is 0 Å². The highest BCUT2D eigenvalue weighted by molar-refractivity contribution is 6.62. The lowest BCUT2D eigenvalue weighted by Gasteiger charge is -2.32. The molecule has 6 aromatic carbocycles. The number of aromatic nitrogens is 1. The van der Waals surface area contributed by atoms with Crippen molar-refractivity contribution in [3.05, 3.63) is 133 Å². The molecule has 8 aromatic rings. The molecule has 4 nitrogen and oxygen atoms in total. The van der Waals surface area contributed by atoms with Crippen LogP contribution in [-0.2, 0) is 9.31 Å². The molecule has 228 valence electrons. The standard InChI is InChI=1S/C42H34BNO3/c1-41(2)42(3,4)47-43(46-41)31-20-22-34-33-15-5-7-17-37(33)44(38(34)26-31)32-14-10-13-29(24-32)27-11-9-12-28(23-27)30-19-21-36-35-16-6-8-18-39(35)45-40(36)25-30/h5-26H,1-4H3. The third-order valence-corrected chi connectivity index (χ3v) is 10.2. The van der Waals surface area contributed by atoms with Gasteiger partial charge in [-0.1, -0.05) is 84.9 Å². The zero-order valence-corrected chi connectivity index (χ0v) is 27.0. The Kier molecular flexibility index (Phi) is 6.11. The molecule has 0 radical (unpaired) electrons. The molecule has 1 aliphatic rings. The van der Waals surface area contributed by atoms with Crippen LogP contribution in [-0.4, -0.2) is 22.9 Å². The fraction of sp³-hybridized carbons (Fsp3) is 0.143. The molecule has 3 heterocycles. The van der Waals surface area contributed by atoms with Crippen molar-refractivity contribution in [2.45, 2.75) is 38.9 Å². The number of nitrogens with zero attached hydrogens (tertiary/aromatic N) is 1. The number of fused-ring (bicyclic) bond motifs is 6. The minimum atomic E-state index is -0.427. The molecule has 0 unspecified atom stereocenters. The Labute approximate surface area is 274 Å². The predicted molar refractivity (Wildman–Crippen MR) is 195 cm³/mol. The molecule has 0 amide bonds. The summed E-state index contributed by atoms with van der Waals surface area (Å²) in [5, 5.41) is 4.71. The van der Waals surface area contributed by atoms with Gasteiger partial charge in [-0.3, -0.25) is 0 Å². The van der Waals surface area contributed by atoms with Crippen LogP contribution in [0, 0.1) is 0 Å². The Morgan fingerprint density at radius 1 is 0.468 bits per heavy atom. The first kappa shape index (κ1) is 28.2. The van der Waals surface area contributed by atoms with Crippen molar-refractivity contribution in [1.29, 1.82) is 0 Å². The molecule has 0 N–H and O–H groups in total. The van der Waals surface area contributed by atoms with E-state index in [1.165, 1.54) is 16.3 Å². The summed E-state index contributed by atoms with van der Waals surface area (Å²) in [4.78, 5) is 0. The van der Waals surface area contributed by atoms with Gasteiger partial charge in [0.25, 0.3) is 0 Å². The molecule has 5 heteroatoms. The van der Waals surface area contributed by atoms with Crippen molar-refractivity contribution in [1.82, 2.24) is 4.57 Å². The van der Waals surface area contributed by atoms with Gasteiger partial charge >= 0.3 is 7.12 Å². The van der Waals surface area contributed by atoms with Gasteiger partial charge in [-0.25, -0.2) is 0 Å². The highest BCUT2D eigenvalue weighted by Crippen LogP contribution is 2.38. The SMILES string of the molecule is CC1(C)OB(c2ccc3c4ccccc4n(-c4cccc(-c5cccc(-c6ccc7c(c6)oc6ccccc67)c5)c4)c3c2)OC1(C)C. The van der Waals surface area contributed by atoms with Gasteiger partial charge in [0.2, 0.25) is 0 Å². The average Bonchev–Trinajstić information content (AvgIpc) is 3.70. The van der Waals surface area contributed by atoms with Crippen molar-refractivity contribution < 1.29 is 13.7 Å². The number of benzene rings is 6. The third kappa shape index (κ3) is 4.45. The van der Waals surface area contributed by atoms with Crippen molar-refractivity contribution >= 4 is 56.3 Å². The van der Waals surface area contributed by atoms with Crippen LogP contribution in [0.1, 0.15) is 27.7 Å². The van der Waals surface area contributed by atoms with Gasteiger partial charge in [0.1, 0.15) is 11.2 Å². The van der Waals surface area contributed by atoms with Crippen molar-refractivity contribution in [3.8, 4) is 27.9 Å². The summed E-state index contributed by atoms with van der Waals surface area (Å²) in [6.45, 7) is 8.39. The maximum atomic E-state index is 6.44. The molecule has 1 saturated heterocycles. The molecule has 2 aromatic heterocycles. The van der Waals surface area contributed by atoms with Gasteiger partial charge in [0.05, 0.1) is 22.2 Å². The van der Waals surface area contributed by atoms with Crippen molar-refractivity contribution in [3.63, 3.8) is 0 Å². The van der Waals surface area contributed by atoms with E-state index in [1.807, 2.05) is 12.1 Å². The van der Waals surface area contributed by atoms with Gasteiger partial charge in [0, 0.05) is 27.2 Å². The second kappa shape index (κ2) is 10.2.